The van der Waals surface area contributed by atoms with Crippen molar-refractivity contribution in [3.8, 4) is 45.0 Å². The molecule has 0 saturated heterocycles. The SMILES string of the molecule is COc1ccc(-c2[nH]c3ccc(-c4ccc(-c5cccc(CN(C)C)c5)cc4)cc3c2C(C)C)cc1OC. The number of nitrogens with one attached hydrogen (secondary N) is 1. The molecule has 0 aliphatic heterocycles. The van der Waals surface area contributed by atoms with Gasteiger partial charge in [-0.1, -0.05) is 62.4 Å². The molecular weight excluding hydrogens is 468 g/mol. The van der Waals surface area contributed by atoms with Crippen molar-refractivity contribution in [1.29, 1.82) is 0 Å². The molecule has 0 amide bonds. The number of methoxy groups -OCH3 is 2. The first-order valence-corrected chi connectivity index (χ1v) is 13.1. The van der Waals surface area contributed by atoms with Gasteiger partial charge in [0.2, 0.25) is 0 Å². The van der Waals surface area contributed by atoms with Gasteiger partial charge < -0.3 is 19.4 Å². The summed E-state index contributed by atoms with van der Waals surface area (Å²) in [6, 6.07) is 30.5. The molecule has 0 radical (unpaired) electrons. The number of fused-ring (bicyclic) bond motifs is 1. The van der Waals surface area contributed by atoms with Crippen LogP contribution < -0.4 is 9.47 Å². The van der Waals surface area contributed by atoms with Gasteiger partial charge in [-0.2, -0.15) is 0 Å². The molecule has 1 N–H and O–H groups in total. The van der Waals surface area contributed by atoms with Gasteiger partial charge in [-0.3, -0.25) is 0 Å². The van der Waals surface area contributed by atoms with Gasteiger partial charge in [-0.15, -0.1) is 0 Å². The first-order valence-electron chi connectivity index (χ1n) is 13.1. The Bertz CT molecular complexity index is 1560. The van der Waals surface area contributed by atoms with Gasteiger partial charge in [-0.05, 0) is 89.8 Å². The number of aromatic nitrogens is 1. The maximum absolute atomic E-state index is 5.57. The van der Waals surface area contributed by atoms with E-state index in [9.17, 15) is 0 Å². The monoisotopic (exact) mass is 504 g/mol. The Morgan fingerprint density at radius 1 is 0.684 bits per heavy atom. The molecular formula is C34H36N2O2. The molecule has 1 heterocycles. The molecule has 1 aromatic heterocycles. The zero-order valence-corrected chi connectivity index (χ0v) is 23.1. The summed E-state index contributed by atoms with van der Waals surface area (Å²) in [5, 5.41) is 1.25. The second kappa shape index (κ2) is 10.8. The first kappa shape index (κ1) is 25.6. The van der Waals surface area contributed by atoms with Crippen LogP contribution in [0.4, 0.5) is 0 Å². The van der Waals surface area contributed by atoms with Crippen LogP contribution in [0.3, 0.4) is 0 Å². The van der Waals surface area contributed by atoms with Crippen LogP contribution in [0.1, 0.15) is 30.9 Å². The summed E-state index contributed by atoms with van der Waals surface area (Å²) in [6.45, 7) is 5.43. The molecule has 4 heteroatoms. The van der Waals surface area contributed by atoms with Crippen molar-refractivity contribution >= 4 is 10.9 Å². The van der Waals surface area contributed by atoms with E-state index in [-0.39, 0.29) is 0 Å². The summed E-state index contributed by atoms with van der Waals surface area (Å²) >= 11 is 0. The second-order valence-electron chi connectivity index (χ2n) is 10.4. The normalized spacial score (nSPS) is 11.5. The molecule has 0 fully saturated rings. The third kappa shape index (κ3) is 5.05. The number of hydrogen-bond acceptors (Lipinski definition) is 3. The average Bonchev–Trinajstić information content (AvgIpc) is 3.32. The van der Waals surface area contributed by atoms with Crippen molar-refractivity contribution in [2.24, 2.45) is 0 Å². The zero-order valence-electron chi connectivity index (χ0n) is 23.1. The van der Waals surface area contributed by atoms with Gasteiger partial charge in [0.25, 0.3) is 0 Å². The van der Waals surface area contributed by atoms with Crippen LogP contribution >= 0.6 is 0 Å². The molecule has 0 atom stereocenters. The first-order chi connectivity index (χ1) is 18.4. The predicted octanol–water partition coefficient (Wildman–Crippen LogP) is 8.37. The Morgan fingerprint density at radius 2 is 1.32 bits per heavy atom. The van der Waals surface area contributed by atoms with Crippen molar-refractivity contribution in [3.05, 3.63) is 96.1 Å². The topological polar surface area (TPSA) is 37.5 Å². The minimum Gasteiger partial charge on any atom is -0.493 e. The van der Waals surface area contributed by atoms with Gasteiger partial charge in [0.05, 0.1) is 19.9 Å². The van der Waals surface area contributed by atoms with Crippen LogP contribution in [-0.4, -0.2) is 38.2 Å². The number of ether oxygens (including phenoxy) is 2. The summed E-state index contributed by atoms with van der Waals surface area (Å²) < 4.78 is 11.0. The minimum atomic E-state index is 0.346. The molecule has 0 aliphatic rings. The Kier molecular flexibility index (Phi) is 7.26. The van der Waals surface area contributed by atoms with E-state index in [1.165, 1.54) is 38.8 Å². The maximum Gasteiger partial charge on any atom is 0.161 e. The predicted molar refractivity (Wildman–Crippen MR) is 159 cm³/mol. The van der Waals surface area contributed by atoms with Gasteiger partial charge in [0, 0.05) is 23.0 Å². The molecule has 38 heavy (non-hydrogen) atoms. The third-order valence-electron chi connectivity index (χ3n) is 7.07. The number of H-pyrrole nitrogens is 1. The largest absolute Gasteiger partial charge is 0.493 e. The molecule has 0 bridgehead atoms. The highest BCUT2D eigenvalue weighted by molar-refractivity contribution is 5.94. The number of aromatic amines is 1. The van der Waals surface area contributed by atoms with Gasteiger partial charge in [0.15, 0.2) is 11.5 Å². The Morgan fingerprint density at radius 3 is 1.95 bits per heavy atom. The minimum absolute atomic E-state index is 0.346. The fourth-order valence-corrected chi connectivity index (χ4v) is 5.28. The third-order valence-corrected chi connectivity index (χ3v) is 7.07. The quantitative estimate of drug-likeness (QED) is 0.231. The van der Waals surface area contributed by atoms with Crippen molar-refractivity contribution in [2.75, 3.05) is 28.3 Å². The van der Waals surface area contributed by atoms with Gasteiger partial charge in [-0.25, -0.2) is 0 Å². The smallest absolute Gasteiger partial charge is 0.161 e. The number of hydrogen-bond donors (Lipinski definition) is 1. The van der Waals surface area contributed by atoms with Crippen molar-refractivity contribution in [1.82, 2.24) is 9.88 Å². The summed E-state index contributed by atoms with van der Waals surface area (Å²) in [5.74, 6) is 1.80. The molecule has 4 aromatic carbocycles. The van der Waals surface area contributed by atoms with E-state index in [4.69, 9.17) is 9.47 Å². The fourth-order valence-electron chi connectivity index (χ4n) is 5.28. The molecule has 0 spiro atoms. The van der Waals surface area contributed by atoms with Crippen LogP contribution in [0.15, 0.2) is 84.9 Å². The molecule has 4 nitrogen and oxygen atoms in total. The number of benzene rings is 4. The molecule has 0 saturated carbocycles. The molecule has 0 unspecified atom stereocenters. The van der Waals surface area contributed by atoms with Crippen LogP contribution in [0.5, 0.6) is 11.5 Å². The molecule has 5 rings (SSSR count). The van der Waals surface area contributed by atoms with E-state index in [0.29, 0.717) is 5.92 Å². The lowest BCUT2D eigenvalue weighted by molar-refractivity contribution is 0.355. The summed E-state index contributed by atoms with van der Waals surface area (Å²) in [5.41, 5.74) is 10.9. The lowest BCUT2D eigenvalue weighted by Crippen LogP contribution is -2.10. The summed E-state index contributed by atoms with van der Waals surface area (Å²) in [6.07, 6.45) is 0. The van der Waals surface area contributed by atoms with E-state index in [0.717, 1.165) is 34.8 Å². The molecule has 194 valence electrons. The second-order valence-corrected chi connectivity index (χ2v) is 10.4. The van der Waals surface area contributed by atoms with Crippen LogP contribution in [0.25, 0.3) is 44.4 Å². The Balaban J connectivity index is 1.51. The van der Waals surface area contributed by atoms with E-state index >= 15 is 0 Å². The van der Waals surface area contributed by atoms with Gasteiger partial charge >= 0.3 is 0 Å². The molecule has 0 aliphatic carbocycles. The van der Waals surface area contributed by atoms with Crippen molar-refractivity contribution in [2.45, 2.75) is 26.3 Å². The Labute approximate surface area is 225 Å². The maximum atomic E-state index is 5.57. The highest BCUT2D eigenvalue weighted by atomic mass is 16.5. The van der Waals surface area contributed by atoms with Crippen molar-refractivity contribution < 1.29 is 9.47 Å². The number of nitrogens with zero attached hydrogens (tertiary/aromatic N) is 1. The lowest BCUT2D eigenvalue weighted by atomic mass is 9.93. The number of rotatable bonds is 8. The van der Waals surface area contributed by atoms with Crippen LogP contribution in [0.2, 0.25) is 0 Å². The van der Waals surface area contributed by atoms with E-state index in [1.807, 2.05) is 12.1 Å². The van der Waals surface area contributed by atoms with Crippen LogP contribution in [0, 0.1) is 0 Å². The van der Waals surface area contributed by atoms with Crippen molar-refractivity contribution in [3.63, 3.8) is 0 Å². The highest BCUT2D eigenvalue weighted by Gasteiger charge is 2.18. The summed E-state index contributed by atoms with van der Waals surface area (Å²) in [4.78, 5) is 5.87. The summed E-state index contributed by atoms with van der Waals surface area (Å²) in [7, 11) is 7.54. The average molecular weight is 505 g/mol. The molecule has 5 aromatic rings. The zero-order chi connectivity index (χ0) is 26.8. The Hall–Kier alpha value is -4.02. The van der Waals surface area contributed by atoms with E-state index < -0.39 is 0 Å². The lowest BCUT2D eigenvalue weighted by Gasteiger charge is -2.12. The van der Waals surface area contributed by atoms with Crippen LogP contribution in [-0.2, 0) is 6.54 Å². The van der Waals surface area contributed by atoms with E-state index in [2.05, 4.69) is 111 Å². The van der Waals surface area contributed by atoms with Gasteiger partial charge in [0.1, 0.15) is 0 Å². The highest BCUT2D eigenvalue weighted by Crippen LogP contribution is 2.40. The fraction of sp³-hybridized carbons (Fsp3) is 0.235. The standard InChI is InChI=1S/C34H36N2O2/c1-22(2)33-29-19-27(14-16-30(29)35-34(33)28-15-17-31(37-5)32(20-28)38-6)25-12-10-24(11-13-25)26-9-7-8-23(18-26)21-36(3)4/h7-20,22,35H,21H2,1-6H3. The van der Waals surface area contributed by atoms with E-state index in [1.54, 1.807) is 14.2 Å².